The van der Waals surface area contributed by atoms with Crippen LogP contribution in [0.15, 0.2) is 18.2 Å². The fourth-order valence-corrected chi connectivity index (χ4v) is 2.80. The van der Waals surface area contributed by atoms with Crippen LogP contribution in [0, 0.1) is 5.92 Å². The van der Waals surface area contributed by atoms with Crippen molar-refractivity contribution in [2.24, 2.45) is 5.92 Å². The van der Waals surface area contributed by atoms with Gasteiger partial charge in [-0.1, -0.05) is 24.4 Å². The van der Waals surface area contributed by atoms with E-state index >= 15 is 0 Å². The minimum Gasteiger partial charge on any atom is -0.493 e. The summed E-state index contributed by atoms with van der Waals surface area (Å²) in [5.41, 5.74) is 0.660. The van der Waals surface area contributed by atoms with Gasteiger partial charge in [0, 0.05) is 6.08 Å². The molecule has 0 aromatic heterocycles. The number of carboxylic acid groups (broad SMARTS) is 1. The Balaban J connectivity index is 2.14. The maximum absolute atomic E-state index is 10.6. The molecule has 0 bridgehead atoms. The molecular formula is C16H19ClO4. The number of benzene rings is 1. The molecule has 2 rings (SSSR count). The molecular weight excluding hydrogens is 292 g/mol. The Kier molecular flexibility index (Phi) is 5.51. The summed E-state index contributed by atoms with van der Waals surface area (Å²) >= 11 is 6.23. The molecule has 1 N–H and O–H groups in total. The molecule has 0 saturated heterocycles. The van der Waals surface area contributed by atoms with Gasteiger partial charge in [0.2, 0.25) is 0 Å². The van der Waals surface area contributed by atoms with Crippen molar-refractivity contribution in [3.8, 4) is 11.5 Å². The summed E-state index contributed by atoms with van der Waals surface area (Å²) in [6.07, 6.45) is 7.44. The van der Waals surface area contributed by atoms with Gasteiger partial charge in [0.1, 0.15) is 0 Å². The highest BCUT2D eigenvalue weighted by Gasteiger charge is 2.18. The maximum Gasteiger partial charge on any atom is 0.328 e. The Bertz CT molecular complexity index is 533. The first-order valence-corrected chi connectivity index (χ1v) is 7.39. The number of hydrogen-bond acceptors (Lipinski definition) is 3. The van der Waals surface area contributed by atoms with Crippen LogP contribution in [0.25, 0.3) is 6.08 Å². The zero-order valence-electron chi connectivity index (χ0n) is 12.0. The van der Waals surface area contributed by atoms with Crippen LogP contribution in [-0.4, -0.2) is 24.8 Å². The van der Waals surface area contributed by atoms with Gasteiger partial charge in [-0.05, 0) is 42.5 Å². The van der Waals surface area contributed by atoms with Gasteiger partial charge in [0.05, 0.1) is 18.7 Å². The van der Waals surface area contributed by atoms with Crippen molar-refractivity contribution in [1.82, 2.24) is 0 Å². The molecule has 0 heterocycles. The molecule has 1 fully saturated rings. The van der Waals surface area contributed by atoms with E-state index < -0.39 is 5.97 Å². The van der Waals surface area contributed by atoms with Gasteiger partial charge < -0.3 is 14.6 Å². The molecule has 1 saturated carbocycles. The predicted molar refractivity (Wildman–Crippen MR) is 82.1 cm³/mol. The van der Waals surface area contributed by atoms with Crippen molar-refractivity contribution in [2.45, 2.75) is 25.7 Å². The van der Waals surface area contributed by atoms with Crippen LogP contribution in [-0.2, 0) is 4.79 Å². The topological polar surface area (TPSA) is 55.8 Å². The van der Waals surface area contributed by atoms with Crippen LogP contribution in [0.4, 0.5) is 0 Å². The van der Waals surface area contributed by atoms with Gasteiger partial charge >= 0.3 is 5.97 Å². The van der Waals surface area contributed by atoms with E-state index in [0.717, 1.165) is 6.08 Å². The normalized spacial score (nSPS) is 15.5. The molecule has 114 valence electrons. The predicted octanol–water partition coefficient (Wildman–Crippen LogP) is 4.02. The van der Waals surface area contributed by atoms with Crippen molar-refractivity contribution in [1.29, 1.82) is 0 Å². The average molecular weight is 311 g/mol. The van der Waals surface area contributed by atoms with E-state index in [1.165, 1.54) is 31.8 Å². The average Bonchev–Trinajstić information content (AvgIpc) is 2.96. The fourth-order valence-electron chi connectivity index (χ4n) is 2.52. The molecule has 4 nitrogen and oxygen atoms in total. The third-order valence-electron chi connectivity index (χ3n) is 3.61. The first-order chi connectivity index (χ1) is 10.1. The molecule has 1 aromatic rings. The van der Waals surface area contributed by atoms with Crippen LogP contribution < -0.4 is 9.47 Å². The molecule has 21 heavy (non-hydrogen) atoms. The first kappa shape index (κ1) is 15.7. The monoisotopic (exact) mass is 310 g/mol. The van der Waals surface area contributed by atoms with E-state index in [0.29, 0.717) is 34.6 Å². The summed E-state index contributed by atoms with van der Waals surface area (Å²) in [5.74, 6) is 0.619. The van der Waals surface area contributed by atoms with Gasteiger partial charge in [-0.3, -0.25) is 0 Å². The van der Waals surface area contributed by atoms with E-state index in [1.54, 1.807) is 19.2 Å². The number of aliphatic carboxylic acids is 1. The molecule has 1 aliphatic rings. The van der Waals surface area contributed by atoms with E-state index in [9.17, 15) is 4.79 Å². The summed E-state index contributed by atoms with van der Waals surface area (Å²) in [6, 6.07) is 3.39. The van der Waals surface area contributed by atoms with E-state index in [-0.39, 0.29) is 0 Å². The van der Waals surface area contributed by atoms with Crippen LogP contribution >= 0.6 is 11.6 Å². The maximum atomic E-state index is 10.6. The lowest BCUT2D eigenvalue weighted by molar-refractivity contribution is -0.131. The van der Waals surface area contributed by atoms with Crippen molar-refractivity contribution in [3.63, 3.8) is 0 Å². The van der Waals surface area contributed by atoms with Gasteiger partial charge in [-0.25, -0.2) is 4.79 Å². The highest BCUT2D eigenvalue weighted by atomic mass is 35.5. The smallest absolute Gasteiger partial charge is 0.328 e. The third-order valence-corrected chi connectivity index (χ3v) is 3.89. The fraction of sp³-hybridized carbons (Fsp3) is 0.438. The molecule has 1 aliphatic carbocycles. The number of carbonyl (C=O) groups is 1. The summed E-state index contributed by atoms with van der Waals surface area (Å²) in [6.45, 7) is 0.639. The SMILES string of the molecule is COc1cc(C=CC(=O)O)cc(Cl)c1OCC1CCCC1. The summed E-state index contributed by atoms with van der Waals surface area (Å²) in [4.78, 5) is 10.6. The van der Waals surface area contributed by atoms with Crippen LogP contribution in [0.1, 0.15) is 31.2 Å². The van der Waals surface area contributed by atoms with Crippen molar-refractivity contribution in [2.75, 3.05) is 13.7 Å². The Labute approximate surface area is 129 Å². The van der Waals surface area contributed by atoms with E-state index in [1.807, 2.05) is 0 Å². The molecule has 0 aliphatic heterocycles. The van der Waals surface area contributed by atoms with Gasteiger partial charge in [0.25, 0.3) is 0 Å². The Morgan fingerprint density at radius 1 is 1.43 bits per heavy atom. The van der Waals surface area contributed by atoms with Crippen LogP contribution in [0.3, 0.4) is 0 Å². The number of carboxylic acids is 1. The zero-order valence-corrected chi connectivity index (χ0v) is 12.7. The number of ether oxygens (including phenoxy) is 2. The molecule has 0 amide bonds. The Morgan fingerprint density at radius 2 is 2.14 bits per heavy atom. The largest absolute Gasteiger partial charge is 0.493 e. The van der Waals surface area contributed by atoms with Crippen LogP contribution in [0.5, 0.6) is 11.5 Å². The molecule has 0 atom stereocenters. The summed E-state index contributed by atoms with van der Waals surface area (Å²) in [5, 5.41) is 9.08. The lowest BCUT2D eigenvalue weighted by Gasteiger charge is -2.16. The van der Waals surface area contributed by atoms with Gasteiger partial charge in [-0.15, -0.1) is 0 Å². The molecule has 0 radical (unpaired) electrons. The highest BCUT2D eigenvalue weighted by molar-refractivity contribution is 6.32. The lowest BCUT2D eigenvalue weighted by atomic mass is 10.1. The Morgan fingerprint density at radius 3 is 2.76 bits per heavy atom. The third kappa shape index (κ3) is 4.39. The quantitative estimate of drug-likeness (QED) is 0.806. The zero-order chi connectivity index (χ0) is 15.2. The van der Waals surface area contributed by atoms with E-state index in [4.69, 9.17) is 26.2 Å². The molecule has 0 unspecified atom stereocenters. The minimum atomic E-state index is -1.01. The van der Waals surface area contributed by atoms with Crippen LogP contribution in [0.2, 0.25) is 5.02 Å². The van der Waals surface area contributed by atoms with Crippen molar-refractivity contribution < 1.29 is 19.4 Å². The number of halogens is 1. The van der Waals surface area contributed by atoms with E-state index in [2.05, 4.69) is 0 Å². The second-order valence-corrected chi connectivity index (χ2v) is 5.57. The number of methoxy groups -OCH3 is 1. The Hall–Kier alpha value is -1.68. The molecule has 0 spiro atoms. The van der Waals surface area contributed by atoms with Crippen molar-refractivity contribution in [3.05, 3.63) is 28.8 Å². The first-order valence-electron chi connectivity index (χ1n) is 7.01. The second kappa shape index (κ2) is 7.36. The summed E-state index contributed by atoms with van der Waals surface area (Å²) in [7, 11) is 1.54. The lowest BCUT2D eigenvalue weighted by Crippen LogP contribution is -2.09. The second-order valence-electron chi connectivity index (χ2n) is 5.17. The van der Waals surface area contributed by atoms with Gasteiger partial charge in [-0.2, -0.15) is 0 Å². The van der Waals surface area contributed by atoms with Crippen molar-refractivity contribution >= 4 is 23.6 Å². The number of rotatable bonds is 6. The molecule has 5 heteroatoms. The number of hydrogen-bond donors (Lipinski definition) is 1. The summed E-state index contributed by atoms with van der Waals surface area (Å²) < 4.78 is 11.1. The van der Waals surface area contributed by atoms with Gasteiger partial charge in [0.15, 0.2) is 11.5 Å². The highest BCUT2D eigenvalue weighted by Crippen LogP contribution is 2.38. The standard InChI is InChI=1S/C16H19ClO4/c1-20-14-9-12(6-7-15(18)19)8-13(17)16(14)21-10-11-4-2-3-5-11/h6-9,11H,2-5,10H2,1H3,(H,18,19). The molecule has 1 aromatic carbocycles. The minimum absolute atomic E-state index is 0.428.